The van der Waals surface area contributed by atoms with Gasteiger partial charge in [-0.25, -0.2) is 0 Å². The standard InChI is InChI=1S/C14H11NO5/c16-13(17)14(3-4-14)12-6-10(20-15-12)8-1-2-9-11(5-8)19-7-18-9/h1-2,5-6H,3-4,7H2,(H,16,17). The van der Waals surface area contributed by atoms with E-state index in [-0.39, 0.29) is 6.79 Å². The van der Waals surface area contributed by atoms with Gasteiger partial charge in [-0.1, -0.05) is 5.16 Å². The Kier molecular flexibility index (Phi) is 2.13. The van der Waals surface area contributed by atoms with E-state index in [0.717, 1.165) is 5.56 Å². The van der Waals surface area contributed by atoms with Gasteiger partial charge < -0.3 is 19.1 Å². The number of carboxylic acids is 1. The second-order valence-corrected chi connectivity index (χ2v) is 5.03. The molecule has 0 amide bonds. The van der Waals surface area contributed by atoms with E-state index in [0.29, 0.717) is 35.8 Å². The number of hydrogen-bond donors (Lipinski definition) is 1. The van der Waals surface area contributed by atoms with Crippen molar-refractivity contribution in [2.75, 3.05) is 6.79 Å². The maximum Gasteiger partial charge on any atom is 0.315 e. The highest BCUT2D eigenvalue weighted by atomic mass is 16.7. The third-order valence-electron chi connectivity index (χ3n) is 3.82. The van der Waals surface area contributed by atoms with Crippen LogP contribution < -0.4 is 9.47 Å². The van der Waals surface area contributed by atoms with Crippen molar-refractivity contribution in [3.63, 3.8) is 0 Å². The summed E-state index contributed by atoms with van der Waals surface area (Å²) in [6.07, 6.45) is 1.21. The summed E-state index contributed by atoms with van der Waals surface area (Å²) in [6, 6.07) is 7.12. The Morgan fingerprint density at radius 1 is 1.20 bits per heavy atom. The molecule has 1 aromatic carbocycles. The lowest BCUT2D eigenvalue weighted by atomic mass is 10.0. The van der Waals surface area contributed by atoms with Gasteiger partial charge in [-0.05, 0) is 31.0 Å². The van der Waals surface area contributed by atoms with E-state index >= 15 is 0 Å². The van der Waals surface area contributed by atoms with Crippen molar-refractivity contribution in [3.8, 4) is 22.8 Å². The van der Waals surface area contributed by atoms with E-state index in [1.807, 2.05) is 6.07 Å². The third kappa shape index (κ3) is 1.51. The van der Waals surface area contributed by atoms with Gasteiger partial charge in [0.15, 0.2) is 17.3 Å². The summed E-state index contributed by atoms with van der Waals surface area (Å²) in [5, 5.41) is 13.2. The van der Waals surface area contributed by atoms with E-state index in [1.54, 1.807) is 18.2 Å². The van der Waals surface area contributed by atoms with Gasteiger partial charge in [-0.15, -0.1) is 0 Å². The lowest BCUT2D eigenvalue weighted by Gasteiger charge is -2.02. The van der Waals surface area contributed by atoms with Crippen molar-refractivity contribution < 1.29 is 23.9 Å². The molecule has 1 aliphatic heterocycles. The molecule has 2 aromatic rings. The molecule has 0 spiro atoms. The fraction of sp³-hybridized carbons (Fsp3) is 0.286. The first-order valence-electron chi connectivity index (χ1n) is 6.30. The summed E-state index contributed by atoms with van der Waals surface area (Å²) in [5.41, 5.74) is 0.421. The van der Waals surface area contributed by atoms with Crippen LogP contribution in [0.25, 0.3) is 11.3 Å². The maximum atomic E-state index is 11.3. The SMILES string of the molecule is O=C(O)C1(c2cc(-c3ccc4c(c3)OCO4)on2)CC1. The fourth-order valence-electron chi connectivity index (χ4n) is 2.39. The first-order chi connectivity index (χ1) is 9.69. The number of aliphatic carboxylic acids is 1. The van der Waals surface area contributed by atoms with Gasteiger partial charge in [-0.3, -0.25) is 4.79 Å². The number of carboxylic acid groups (broad SMARTS) is 1. The van der Waals surface area contributed by atoms with Crippen LogP contribution in [0.2, 0.25) is 0 Å². The molecule has 0 radical (unpaired) electrons. The largest absolute Gasteiger partial charge is 0.481 e. The lowest BCUT2D eigenvalue weighted by molar-refractivity contribution is -0.140. The van der Waals surface area contributed by atoms with Crippen molar-refractivity contribution in [2.24, 2.45) is 0 Å². The highest BCUT2D eigenvalue weighted by Crippen LogP contribution is 2.48. The molecule has 6 heteroatoms. The maximum absolute atomic E-state index is 11.3. The van der Waals surface area contributed by atoms with Gasteiger partial charge in [0.1, 0.15) is 11.1 Å². The normalized spacial score (nSPS) is 18.0. The Hall–Kier alpha value is -2.50. The Bertz CT molecular complexity index is 701. The number of hydrogen-bond acceptors (Lipinski definition) is 5. The quantitative estimate of drug-likeness (QED) is 0.923. The number of nitrogens with zero attached hydrogens (tertiary/aromatic N) is 1. The average Bonchev–Trinajstić information content (AvgIpc) is 2.91. The minimum Gasteiger partial charge on any atom is -0.481 e. The molecule has 20 heavy (non-hydrogen) atoms. The van der Waals surface area contributed by atoms with Crippen molar-refractivity contribution in [3.05, 3.63) is 30.0 Å². The molecule has 1 saturated carbocycles. The smallest absolute Gasteiger partial charge is 0.315 e. The van der Waals surface area contributed by atoms with Crippen LogP contribution in [0.3, 0.4) is 0 Å². The first-order valence-corrected chi connectivity index (χ1v) is 6.30. The summed E-state index contributed by atoms with van der Waals surface area (Å²) in [6.45, 7) is 0.211. The molecule has 0 saturated heterocycles. The van der Waals surface area contributed by atoms with Crippen molar-refractivity contribution >= 4 is 5.97 Å². The Morgan fingerprint density at radius 3 is 2.75 bits per heavy atom. The van der Waals surface area contributed by atoms with Crippen LogP contribution in [0.4, 0.5) is 0 Å². The number of rotatable bonds is 3. The monoisotopic (exact) mass is 273 g/mol. The molecule has 1 fully saturated rings. The minimum absolute atomic E-state index is 0.211. The molecule has 1 N–H and O–H groups in total. The molecule has 2 aliphatic rings. The van der Waals surface area contributed by atoms with Crippen LogP contribution in [-0.4, -0.2) is 23.0 Å². The Morgan fingerprint density at radius 2 is 2.00 bits per heavy atom. The minimum atomic E-state index is -0.849. The van der Waals surface area contributed by atoms with E-state index in [2.05, 4.69) is 5.16 Å². The number of carbonyl (C=O) groups is 1. The van der Waals surface area contributed by atoms with E-state index in [9.17, 15) is 9.90 Å². The predicted octanol–water partition coefficient (Wildman–Crippen LogP) is 2.19. The van der Waals surface area contributed by atoms with E-state index < -0.39 is 11.4 Å². The molecular formula is C14H11NO5. The van der Waals surface area contributed by atoms with Gasteiger partial charge in [0.05, 0.1) is 0 Å². The molecule has 0 atom stereocenters. The molecule has 2 heterocycles. The molecule has 1 aromatic heterocycles. The summed E-state index contributed by atoms with van der Waals surface area (Å²) >= 11 is 0. The predicted molar refractivity (Wildman–Crippen MR) is 66.6 cm³/mol. The van der Waals surface area contributed by atoms with Crippen LogP contribution >= 0.6 is 0 Å². The zero-order valence-electron chi connectivity index (χ0n) is 10.5. The Labute approximate surface area is 113 Å². The van der Waals surface area contributed by atoms with Crippen LogP contribution in [0.15, 0.2) is 28.8 Å². The van der Waals surface area contributed by atoms with E-state index in [1.165, 1.54) is 0 Å². The van der Waals surface area contributed by atoms with Crippen molar-refractivity contribution in [2.45, 2.75) is 18.3 Å². The third-order valence-corrected chi connectivity index (χ3v) is 3.82. The number of ether oxygens (including phenoxy) is 2. The van der Waals surface area contributed by atoms with Crippen LogP contribution in [-0.2, 0) is 10.2 Å². The van der Waals surface area contributed by atoms with Crippen LogP contribution in [0.1, 0.15) is 18.5 Å². The van der Waals surface area contributed by atoms with Crippen molar-refractivity contribution in [1.82, 2.24) is 5.16 Å². The molecule has 102 valence electrons. The van der Waals surface area contributed by atoms with Gasteiger partial charge in [-0.2, -0.15) is 0 Å². The fourth-order valence-corrected chi connectivity index (χ4v) is 2.39. The Balaban J connectivity index is 1.70. The molecule has 0 bridgehead atoms. The zero-order valence-corrected chi connectivity index (χ0v) is 10.5. The number of benzene rings is 1. The molecule has 0 unspecified atom stereocenters. The second-order valence-electron chi connectivity index (χ2n) is 5.03. The first kappa shape index (κ1) is 11.3. The summed E-state index contributed by atoms with van der Waals surface area (Å²) < 4.78 is 15.8. The zero-order chi connectivity index (χ0) is 13.7. The highest BCUT2D eigenvalue weighted by Gasteiger charge is 2.54. The summed E-state index contributed by atoms with van der Waals surface area (Å²) in [5.74, 6) is 1.03. The number of fused-ring (bicyclic) bond motifs is 1. The average molecular weight is 273 g/mol. The lowest BCUT2D eigenvalue weighted by Crippen LogP contribution is -2.19. The van der Waals surface area contributed by atoms with Gasteiger partial charge >= 0.3 is 5.97 Å². The molecule has 1 aliphatic carbocycles. The van der Waals surface area contributed by atoms with Gasteiger partial charge in [0.25, 0.3) is 0 Å². The van der Waals surface area contributed by atoms with Crippen molar-refractivity contribution in [1.29, 1.82) is 0 Å². The highest BCUT2D eigenvalue weighted by molar-refractivity contribution is 5.84. The summed E-state index contributed by atoms with van der Waals surface area (Å²) in [4.78, 5) is 11.3. The molecule has 6 nitrogen and oxygen atoms in total. The topological polar surface area (TPSA) is 81.8 Å². The van der Waals surface area contributed by atoms with Crippen LogP contribution in [0, 0.1) is 0 Å². The molecular weight excluding hydrogens is 262 g/mol. The van der Waals surface area contributed by atoms with Gasteiger partial charge in [0.2, 0.25) is 6.79 Å². The van der Waals surface area contributed by atoms with Crippen LogP contribution in [0.5, 0.6) is 11.5 Å². The summed E-state index contributed by atoms with van der Waals surface area (Å²) in [7, 11) is 0. The second kappa shape index (κ2) is 3.75. The van der Waals surface area contributed by atoms with E-state index in [4.69, 9.17) is 14.0 Å². The molecule has 4 rings (SSSR count). The number of aromatic nitrogens is 1. The van der Waals surface area contributed by atoms with Gasteiger partial charge in [0, 0.05) is 11.6 Å².